The second-order valence-electron chi connectivity index (χ2n) is 11.5. The van der Waals surface area contributed by atoms with Crippen molar-refractivity contribution in [1.29, 1.82) is 0 Å². The Morgan fingerprint density at radius 1 is 0.894 bits per heavy atom. The van der Waals surface area contributed by atoms with Crippen LogP contribution < -0.4 is 14.8 Å². The van der Waals surface area contributed by atoms with E-state index in [-0.39, 0.29) is 42.9 Å². The third kappa shape index (κ3) is 7.19. The van der Waals surface area contributed by atoms with Crippen LogP contribution in [-0.4, -0.2) is 54.6 Å². The van der Waals surface area contributed by atoms with Gasteiger partial charge < -0.3 is 19.9 Å². The number of methoxy groups -OCH3 is 1. The van der Waals surface area contributed by atoms with Crippen molar-refractivity contribution in [3.8, 4) is 11.5 Å². The molecule has 0 spiro atoms. The van der Waals surface area contributed by atoms with Crippen LogP contribution >= 0.6 is 0 Å². The van der Waals surface area contributed by atoms with Crippen LogP contribution in [0.4, 0.5) is 31.1 Å². The van der Waals surface area contributed by atoms with Gasteiger partial charge in [-0.2, -0.15) is 26.3 Å². The number of nitrogens with one attached hydrogen (secondary N) is 1. The van der Waals surface area contributed by atoms with Crippen LogP contribution in [0.1, 0.15) is 60.9 Å². The minimum Gasteiger partial charge on any atom is -0.497 e. The lowest BCUT2D eigenvalue weighted by Crippen LogP contribution is -2.54. The van der Waals surface area contributed by atoms with Crippen molar-refractivity contribution < 1.29 is 50.5 Å². The first-order valence-electron chi connectivity index (χ1n) is 15.0. The number of urea groups is 1. The highest BCUT2D eigenvalue weighted by molar-refractivity contribution is 6.07. The molecule has 1 aliphatic rings. The number of amides is 3. The average molecular weight is 667 g/mol. The molecule has 47 heavy (non-hydrogen) atoms. The molecule has 0 saturated carbocycles. The van der Waals surface area contributed by atoms with Gasteiger partial charge >= 0.3 is 18.4 Å². The van der Waals surface area contributed by atoms with E-state index in [0.29, 0.717) is 48.3 Å². The Bertz CT molecular complexity index is 1550. The smallest absolute Gasteiger partial charge is 0.430 e. The number of carbonyl (C=O) groups excluding carboxylic acids is 2. The zero-order valence-corrected chi connectivity index (χ0v) is 26.1. The topological polar surface area (TPSA) is 88.1 Å². The summed E-state index contributed by atoms with van der Waals surface area (Å²) in [5.41, 5.74) is -6.38. The van der Waals surface area contributed by atoms with Crippen LogP contribution in [0.15, 0.2) is 66.7 Å². The Morgan fingerprint density at radius 2 is 1.51 bits per heavy atom. The van der Waals surface area contributed by atoms with E-state index >= 15 is 0 Å². The normalized spacial score (nSPS) is 17.2. The van der Waals surface area contributed by atoms with Gasteiger partial charge in [0.2, 0.25) is 0 Å². The summed E-state index contributed by atoms with van der Waals surface area (Å²) in [7, 11) is 1.51. The van der Waals surface area contributed by atoms with E-state index in [1.807, 2.05) is 0 Å². The van der Waals surface area contributed by atoms with Crippen LogP contribution in [0, 0.1) is 0 Å². The fourth-order valence-electron chi connectivity index (χ4n) is 5.61. The van der Waals surface area contributed by atoms with Gasteiger partial charge in [0.05, 0.1) is 13.7 Å². The summed E-state index contributed by atoms with van der Waals surface area (Å²) in [5.74, 6) is 0.278. The molecule has 3 amide bonds. The summed E-state index contributed by atoms with van der Waals surface area (Å²) in [5, 5.41) is 12.9. The number of aliphatic hydroxyl groups is 1. The highest BCUT2D eigenvalue weighted by Crippen LogP contribution is 2.51. The lowest BCUT2D eigenvalue weighted by Gasteiger charge is -2.33. The van der Waals surface area contributed by atoms with Crippen molar-refractivity contribution in [2.75, 3.05) is 20.3 Å². The largest absolute Gasteiger partial charge is 0.497 e. The van der Waals surface area contributed by atoms with E-state index in [1.165, 1.54) is 7.11 Å². The highest BCUT2D eigenvalue weighted by Gasteiger charge is 2.71. The van der Waals surface area contributed by atoms with Crippen molar-refractivity contribution in [1.82, 2.24) is 10.2 Å². The molecule has 1 saturated heterocycles. The van der Waals surface area contributed by atoms with Crippen LogP contribution in [0.3, 0.4) is 0 Å². The quantitative estimate of drug-likeness (QED) is 0.115. The number of alkyl halides is 6. The molecule has 254 valence electrons. The van der Waals surface area contributed by atoms with Crippen LogP contribution in [-0.2, 0) is 28.8 Å². The maximum Gasteiger partial charge on any atom is 0.430 e. The minimum atomic E-state index is -6.04. The first kappa shape index (κ1) is 35.6. The predicted molar refractivity (Wildman–Crippen MR) is 161 cm³/mol. The standard InChI is InChI=1S/C34H36F6N2O5/c1-4-10-23-20-26(32(45,33(35,36)37)34(38,39)40)21-24(19-22-11-6-5-7-12-22)28(23)47-18-9-8-17-42-29(43)31(2,41-30(42)44)25-13-15-27(46-3)16-14-25/h5-7,11-16,20-21,45H,4,8-10,17-19H2,1-3H3,(H,41,44). The monoisotopic (exact) mass is 666 g/mol. The fraction of sp³-hybridized carbons (Fsp3) is 0.412. The van der Waals surface area contributed by atoms with Gasteiger partial charge in [-0.3, -0.25) is 9.69 Å². The maximum atomic E-state index is 13.8. The summed E-state index contributed by atoms with van der Waals surface area (Å²) in [6.45, 7) is 3.37. The molecule has 1 aliphatic heterocycles. The molecule has 3 aromatic carbocycles. The zero-order chi connectivity index (χ0) is 34.6. The number of hydrogen-bond donors (Lipinski definition) is 2. The molecule has 1 heterocycles. The first-order chi connectivity index (χ1) is 22.1. The van der Waals surface area contributed by atoms with Crippen molar-refractivity contribution in [2.45, 2.75) is 69.4 Å². The van der Waals surface area contributed by atoms with E-state index in [2.05, 4.69) is 5.32 Å². The van der Waals surface area contributed by atoms with E-state index in [4.69, 9.17) is 9.47 Å². The SMILES string of the molecule is CCCc1cc(C(O)(C(F)(F)F)C(F)(F)F)cc(Cc2ccccc2)c1OCCCCN1C(=O)NC(C)(c2ccc(OC)cc2)C1=O. The number of unbranched alkanes of at least 4 members (excludes halogenated alkanes) is 1. The van der Waals surface area contributed by atoms with Gasteiger partial charge in [-0.1, -0.05) is 55.8 Å². The molecule has 3 aromatic rings. The molecule has 1 fully saturated rings. The number of rotatable bonds is 13. The molecular formula is C34H36F6N2O5. The second kappa shape index (κ2) is 13.8. The Balaban J connectivity index is 1.54. The van der Waals surface area contributed by atoms with E-state index in [9.17, 15) is 41.0 Å². The fourth-order valence-corrected chi connectivity index (χ4v) is 5.61. The number of aryl methyl sites for hydroxylation is 1. The van der Waals surface area contributed by atoms with Gasteiger partial charge in [-0.25, -0.2) is 4.79 Å². The number of carbonyl (C=O) groups is 2. The lowest BCUT2D eigenvalue weighted by molar-refractivity contribution is -0.376. The molecule has 4 rings (SSSR count). The Kier molecular flexibility index (Phi) is 10.5. The maximum absolute atomic E-state index is 13.8. The van der Waals surface area contributed by atoms with Gasteiger partial charge in [-0.15, -0.1) is 0 Å². The van der Waals surface area contributed by atoms with E-state index < -0.39 is 41.0 Å². The molecule has 0 aromatic heterocycles. The Morgan fingerprint density at radius 3 is 2.09 bits per heavy atom. The molecule has 0 radical (unpaired) electrons. The average Bonchev–Trinajstić information content (AvgIpc) is 3.24. The Hall–Kier alpha value is -4.26. The third-order valence-electron chi connectivity index (χ3n) is 8.20. The molecule has 1 unspecified atom stereocenters. The second-order valence-corrected chi connectivity index (χ2v) is 11.5. The molecule has 0 bridgehead atoms. The summed E-state index contributed by atoms with van der Waals surface area (Å²) in [6, 6.07) is 16.0. The van der Waals surface area contributed by atoms with Gasteiger partial charge in [0.15, 0.2) is 0 Å². The van der Waals surface area contributed by atoms with E-state index in [1.54, 1.807) is 68.4 Å². The first-order valence-corrected chi connectivity index (χ1v) is 15.0. The van der Waals surface area contributed by atoms with Crippen molar-refractivity contribution in [2.24, 2.45) is 0 Å². The summed E-state index contributed by atoms with van der Waals surface area (Å²) in [4.78, 5) is 27.1. The molecule has 2 N–H and O–H groups in total. The molecule has 0 aliphatic carbocycles. The minimum absolute atomic E-state index is 0.0000570. The Labute approximate surface area is 268 Å². The number of nitrogens with zero attached hydrogens (tertiary/aromatic N) is 1. The summed E-state index contributed by atoms with van der Waals surface area (Å²) in [6.07, 6.45) is -11.0. The summed E-state index contributed by atoms with van der Waals surface area (Å²) < 4.78 is 94.2. The van der Waals surface area contributed by atoms with Crippen molar-refractivity contribution in [3.05, 3.63) is 94.5 Å². The molecule has 1 atom stereocenters. The molecule has 7 nitrogen and oxygen atoms in total. The predicted octanol–water partition coefficient (Wildman–Crippen LogP) is 7.18. The van der Waals surface area contributed by atoms with E-state index in [0.717, 1.165) is 4.90 Å². The van der Waals surface area contributed by atoms with Gasteiger partial charge in [0, 0.05) is 18.5 Å². The van der Waals surface area contributed by atoms with Gasteiger partial charge in [0.25, 0.3) is 11.5 Å². The summed E-state index contributed by atoms with van der Waals surface area (Å²) >= 11 is 0. The van der Waals surface area contributed by atoms with Crippen LogP contribution in [0.2, 0.25) is 0 Å². The highest BCUT2D eigenvalue weighted by atomic mass is 19.4. The van der Waals surface area contributed by atoms with Crippen molar-refractivity contribution >= 4 is 11.9 Å². The third-order valence-corrected chi connectivity index (χ3v) is 8.20. The molecule has 13 heteroatoms. The number of imide groups is 1. The van der Waals surface area contributed by atoms with Crippen molar-refractivity contribution in [3.63, 3.8) is 0 Å². The zero-order valence-electron chi connectivity index (χ0n) is 26.1. The number of benzene rings is 3. The number of ether oxygens (including phenoxy) is 2. The number of halogens is 6. The van der Waals surface area contributed by atoms with Gasteiger partial charge in [-0.05, 0) is 72.7 Å². The molecular weight excluding hydrogens is 630 g/mol. The number of hydrogen-bond acceptors (Lipinski definition) is 5. The van der Waals surface area contributed by atoms with Crippen LogP contribution in [0.5, 0.6) is 11.5 Å². The van der Waals surface area contributed by atoms with Crippen LogP contribution in [0.25, 0.3) is 0 Å². The lowest BCUT2D eigenvalue weighted by atomic mass is 9.86. The van der Waals surface area contributed by atoms with Gasteiger partial charge in [0.1, 0.15) is 17.0 Å².